The zero-order valence-corrected chi connectivity index (χ0v) is 10.6. The Morgan fingerprint density at radius 2 is 2.18 bits per heavy atom. The normalized spacial score (nSPS) is 12.0. The van der Waals surface area contributed by atoms with Crippen molar-refractivity contribution in [1.29, 1.82) is 0 Å². The second-order valence-corrected chi connectivity index (χ2v) is 5.24. The number of fused-ring (bicyclic) bond motifs is 1. The van der Waals surface area contributed by atoms with E-state index in [1.165, 1.54) is 0 Å². The molecule has 2 aromatic rings. The Hall–Kier alpha value is -1.19. The smallest absolute Gasteiger partial charge is 0.285 e. The molecule has 1 aromatic carbocycles. The predicted molar refractivity (Wildman–Crippen MR) is 67.6 cm³/mol. The molecule has 0 saturated carbocycles. The molecule has 0 spiro atoms. The van der Waals surface area contributed by atoms with Gasteiger partial charge in [-0.2, -0.15) is 0 Å². The van der Waals surface area contributed by atoms with Crippen LogP contribution in [-0.4, -0.2) is 18.3 Å². The van der Waals surface area contributed by atoms with Gasteiger partial charge in [-0.3, -0.25) is 0 Å². The van der Waals surface area contributed by atoms with Crippen molar-refractivity contribution in [1.82, 2.24) is 0 Å². The maximum atomic E-state index is 9.12. The van der Waals surface area contributed by atoms with Crippen LogP contribution >= 0.6 is 11.6 Å². The average Bonchev–Trinajstić information content (AvgIpc) is 2.71. The van der Waals surface area contributed by atoms with Crippen LogP contribution in [0.2, 0.25) is 5.02 Å². The average molecular weight is 255 g/mol. The van der Waals surface area contributed by atoms with Crippen molar-refractivity contribution < 1.29 is 14.3 Å². The summed E-state index contributed by atoms with van der Waals surface area (Å²) in [5, 5.41) is 10.6. The van der Waals surface area contributed by atoms with Crippen molar-refractivity contribution in [3.05, 3.63) is 29.3 Å². The fourth-order valence-electron chi connectivity index (χ4n) is 1.39. The highest BCUT2D eigenvalue weighted by Gasteiger charge is 2.18. The Labute approximate surface area is 105 Å². The molecule has 0 atom stereocenters. The van der Waals surface area contributed by atoms with E-state index in [1.54, 1.807) is 12.1 Å². The van der Waals surface area contributed by atoms with Crippen molar-refractivity contribution in [2.45, 2.75) is 13.8 Å². The lowest BCUT2D eigenvalue weighted by molar-refractivity contribution is 0.0849. The largest absolute Gasteiger partial charge is 0.464 e. The highest BCUT2D eigenvalue weighted by atomic mass is 35.5. The first-order valence-corrected chi connectivity index (χ1v) is 5.81. The molecule has 0 bridgehead atoms. The summed E-state index contributed by atoms with van der Waals surface area (Å²) >= 11 is 6.00. The van der Waals surface area contributed by atoms with E-state index < -0.39 is 0 Å². The van der Waals surface area contributed by atoms with Crippen LogP contribution in [0.25, 0.3) is 11.0 Å². The van der Waals surface area contributed by atoms with Gasteiger partial charge in [-0.1, -0.05) is 37.6 Å². The predicted octanol–water partition coefficient (Wildman–Crippen LogP) is 3.48. The molecule has 0 amide bonds. The van der Waals surface area contributed by atoms with E-state index in [4.69, 9.17) is 25.9 Å². The summed E-state index contributed by atoms with van der Waals surface area (Å²) in [5.74, 6) is 0.426. The minimum absolute atomic E-state index is 0.0635. The van der Waals surface area contributed by atoms with Gasteiger partial charge in [0.25, 0.3) is 5.95 Å². The summed E-state index contributed by atoms with van der Waals surface area (Å²) < 4.78 is 11.0. The van der Waals surface area contributed by atoms with Gasteiger partial charge in [0.1, 0.15) is 0 Å². The van der Waals surface area contributed by atoms with Gasteiger partial charge in [0.2, 0.25) is 0 Å². The van der Waals surface area contributed by atoms with Gasteiger partial charge in [-0.15, -0.1) is 0 Å². The zero-order valence-electron chi connectivity index (χ0n) is 9.87. The molecule has 0 aliphatic heterocycles. The minimum Gasteiger partial charge on any atom is -0.464 e. The molecule has 0 fully saturated rings. The van der Waals surface area contributed by atoms with Gasteiger partial charge >= 0.3 is 0 Å². The fraction of sp³-hybridized carbons (Fsp3) is 0.385. The van der Waals surface area contributed by atoms with E-state index in [9.17, 15) is 0 Å². The highest BCUT2D eigenvalue weighted by Crippen LogP contribution is 2.31. The lowest BCUT2D eigenvalue weighted by Gasteiger charge is -2.20. The first-order valence-electron chi connectivity index (χ1n) is 5.43. The maximum Gasteiger partial charge on any atom is 0.285 e. The van der Waals surface area contributed by atoms with Crippen LogP contribution in [0.5, 0.6) is 5.95 Å². The van der Waals surface area contributed by atoms with E-state index in [0.29, 0.717) is 23.2 Å². The van der Waals surface area contributed by atoms with Crippen molar-refractivity contribution in [2.24, 2.45) is 5.41 Å². The lowest BCUT2D eigenvalue weighted by Crippen LogP contribution is -2.25. The third-order valence-corrected chi connectivity index (χ3v) is 2.80. The number of halogens is 1. The van der Waals surface area contributed by atoms with E-state index in [2.05, 4.69) is 0 Å². The summed E-state index contributed by atoms with van der Waals surface area (Å²) in [7, 11) is 0. The quantitative estimate of drug-likeness (QED) is 0.908. The third kappa shape index (κ3) is 2.73. The maximum absolute atomic E-state index is 9.12. The Balaban J connectivity index is 2.18. The second kappa shape index (κ2) is 4.59. The van der Waals surface area contributed by atoms with Gasteiger partial charge < -0.3 is 14.3 Å². The molecule has 1 heterocycles. The molecule has 0 saturated heterocycles. The van der Waals surface area contributed by atoms with Crippen molar-refractivity contribution in [3.8, 4) is 5.95 Å². The van der Waals surface area contributed by atoms with Crippen LogP contribution in [0.15, 0.2) is 28.7 Å². The molecule has 0 unspecified atom stereocenters. The van der Waals surface area contributed by atoms with Gasteiger partial charge in [0, 0.05) is 16.9 Å². The molecule has 0 radical (unpaired) electrons. The summed E-state index contributed by atoms with van der Waals surface area (Å²) in [4.78, 5) is 0. The second-order valence-electron chi connectivity index (χ2n) is 4.83. The van der Waals surface area contributed by atoms with Crippen LogP contribution in [0.4, 0.5) is 0 Å². The number of hydrogen-bond acceptors (Lipinski definition) is 3. The third-order valence-electron chi connectivity index (χ3n) is 2.51. The molecule has 0 aliphatic rings. The zero-order chi connectivity index (χ0) is 12.5. The molecule has 1 N–H and O–H groups in total. The molecule has 1 aromatic heterocycles. The van der Waals surface area contributed by atoms with E-state index in [0.717, 1.165) is 5.39 Å². The van der Waals surface area contributed by atoms with E-state index >= 15 is 0 Å². The van der Waals surface area contributed by atoms with Crippen molar-refractivity contribution in [3.63, 3.8) is 0 Å². The van der Waals surface area contributed by atoms with Gasteiger partial charge in [-0.25, -0.2) is 0 Å². The van der Waals surface area contributed by atoms with Gasteiger partial charge in [0.15, 0.2) is 5.58 Å². The van der Waals surface area contributed by atoms with E-state index in [-0.39, 0.29) is 12.0 Å². The number of benzene rings is 1. The van der Waals surface area contributed by atoms with Crippen LogP contribution in [0.1, 0.15) is 13.8 Å². The Bertz CT molecular complexity index is 516. The molecule has 92 valence electrons. The molecule has 2 rings (SSSR count). The number of hydrogen-bond donors (Lipinski definition) is 1. The number of aliphatic hydroxyl groups excluding tert-OH is 1. The first kappa shape index (κ1) is 12.3. The Morgan fingerprint density at radius 1 is 1.41 bits per heavy atom. The molecular formula is C13H15ClO3. The SMILES string of the molecule is CC(C)(CO)COc1cc2cccc(Cl)c2o1. The molecule has 17 heavy (non-hydrogen) atoms. The van der Waals surface area contributed by atoms with E-state index in [1.807, 2.05) is 26.0 Å². The Morgan fingerprint density at radius 3 is 2.82 bits per heavy atom. The highest BCUT2D eigenvalue weighted by molar-refractivity contribution is 6.34. The number of ether oxygens (including phenoxy) is 1. The number of aliphatic hydroxyl groups is 1. The van der Waals surface area contributed by atoms with Crippen LogP contribution < -0.4 is 4.74 Å². The lowest BCUT2D eigenvalue weighted by atomic mass is 9.97. The van der Waals surface area contributed by atoms with Crippen molar-refractivity contribution in [2.75, 3.05) is 13.2 Å². The van der Waals surface area contributed by atoms with Crippen LogP contribution in [0, 0.1) is 5.41 Å². The standard InChI is InChI=1S/C13H15ClO3/c1-13(2,7-15)8-16-11-6-9-4-3-5-10(14)12(9)17-11/h3-6,15H,7-8H2,1-2H3. The fourth-order valence-corrected chi connectivity index (χ4v) is 1.61. The first-order chi connectivity index (χ1) is 8.02. The van der Waals surface area contributed by atoms with Crippen molar-refractivity contribution >= 4 is 22.6 Å². The topological polar surface area (TPSA) is 42.6 Å². The molecular weight excluding hydrogens is 240 g/mol. The van der Waals surface area contributed by atoms with Gasteiger partial charge in [0.05, 0.1) is 18.2 Å². The summed E-state index contributed by atoms with van der Waals surface area (Å²) in [6, 6.07) is 7.35. The Kier molecular flexibility index (Phi) is 3.31. The summed E-state index contributed by atoms with van der Waals surface area (Å²) in [6.45, 7) is 4.29. The minimum atomic E-state index is -0.289. The number of furan rings is 1. The summed E-state index contributed by atoms with van der Waals surface area (Å²) in [5.41, 5.74) is 0.342. The van der Waals surface area contributed by atoms with Crippen LogP contribution in [0.3, 0.4) is 0 Å². The molecule has 3 nitrogen and oxygen atoms in total. The molecule has 0 aliphatic carbocycles. The molecule has 4 heteroatoms. The van der Waals surface area contributed by atoms with Crippen LogP contribution in [-0.2, 0) is 0 Å². The monoisotopic (exact) mass is 254 g/mol. The number of para-hydroxylation sites is 1. The van der Waals surface area contributed by atoms with Gasteiger partial charge in [-0.05, 0) is 6.07 Å². The number of rotatable bonds is 4. The summed E-state index contributed by atoms with van der Waals surface area (Å²) in [6.07, 6.45) is 0.